The molecule has 0 amide bonds. The maximum atomic E-state index is 12.3. The van der Waals surface area contributed by atoms with E-state index < -0.39 is 18.1 Å². The minimum Gasteiger partial charge on any atom is -0.329 e. The number of rotatable bonds is 2. The molecule has 0 aliphatic rings. The molecular weight excluding hydrogens is 306 g/mol. The maximum Gasteiger partial charge on any atom is 0.471 e. The van der Waals surface area contributed by atoms with E-state index in [1.54, 1.807) is 6.07 Å². The summed E-state index contributed by atoms with van der Waals surface area (Å²) in [5.74, 6) is -1.82. The van der Waals surface area contributed by atoms with Crippen molar-refractivity contribution >= 4 is 23.2 Å². The molecule has 0 spiro atoms. The van der Waals surface area contributed by atoms with Crippen LogP contribution in [0.1, 0.15) is 23.3 Å². The van der Waals surface area contributed by atoms with Crippen molar-refractivity contribution in [1.82, 2.24) is 10.1 Å². The third-order valence-electron chi connectivity index (χ3n) is 2.27. The number of nitrogens with zero attached hydrogens (tertiary/aromatic N) is 2. The Morgan fingerprint density at radius 3 is 2.26 bits per heavy atom. The van der Waals surface area contributed by atoms with Gasteiger partial charge < -0.3 is 10.3 Å². The summed E-state index contributed by atoms with van der Waals surface area (Å²) < 4.78 is 41.1. The fourth-order valence-electron chi connectivity index (χ4n) is 1.41. The number of hydrogen-bond donors (Lipinski definition) is 1. The Morgan fingerprint density at radius 2 is 1.79 bits per heavy atom. The number of alkyl halides is 3. The second-order valence-corrected chi connectivity index (χ2v) is 4.38. The Labute approximate surface area is 115 Å². The lowest BCUT2D eigenvalue weighted by Gasteiger charge is -2.11. The van der Waals surface area contributed by atoms with Gasteiger partial charge in [-0.15, -0.1) is 0 Å². The van der Waals surface area contributed by atoms with E-state index in [1.165, 1.54) is 12.1 Å². The topological polar surface area (TPSA) is 64.9 Å². The molecule has 0 saturated heterocycles. The number of nitrogens with two attached hydrogens (primary N) is 1. The molecule has 19 heavy (non-hydrogen) atoms. The van der Waals surface area contributed by atoms with Crippen molar-refractivity contribution in [2.75, 3.05) is 0 Å². The minimum absolute atomic E-state index is 0.207. The number of hydrogen-bond acceptors (Lipinski definition) is 4. The average Bonchev–Trinajstić information content (AvgIpc) is 2.77. The highest BCUT2D eigenvalue weighted by molar-refractivity contribution is 6.36. The highest BCUT2D eigenvalue weighted by atomic mass is 35.5. The molecule has 2 N–H and O–H groups in total. The molecule has 1 unspecified atom stereocenters. The Morgan fingerprint density at radius 1 is 1.21 bits per heavy atom. The van der Waals surface area contributed by atoms with Gasteiger partial charge in [0.05, 0.1) is 6.04 Å². The summed E-state index contributed by atoms with van der Waals surface area (Å²) in [6, 6.07) is 3.49. The zero-order valence-corrected chi connectivity index (χ0v) is 10.6. The molecule has 4 nitrogen and oxygen atoms in total. The van der Waals surface area contributed by atoms with Crippen molar-refractivity contribution in [3.63, 3.8) is 0 Å². The van der Waals surface area contributed by atoms with Crippen molar-refractivity contribution in [1.29, 1.82) is 0 Å². The molecule has 0 radical (unpaired) electrons. The van der Waals surface area contributed by atoms with Crippen molar-refractivity contribution in [2.45, 2.75) is 12.2 Å². The van der Waals surface area contributed by atoms with Gasteiger partial charge in [-0.25, -0.2) is 0 Å². The monoisotopic (exact) mass is 311 g/mol. The molecule has 1 aromatic carbocycles. The summed E-state index contributed by atoms with van der Waals surface area (Å²) in [4.78, 5) is 3.19. The van der Waals surface area contributed by atoms with Crippen LogP contribution in [-0.4, -0.2) is 10.1 Å². The lowest BCUT2D eigenvalue weighted by molar-refractivity contribution is -0.159. The molecule has 2 aromatic rings. The van der Waals surface area contributed by atoms with Crippen molar-refractivity contribution in [2.24, 2.45) is 5.73 Å². The van der Waals surface area contributed by atoms with Crippen LogP contribution >= 0.6 is 23.2 Å². The Kier molecular flexibility index (Phi) is 3.71. The van der Waals surface area contributed by atoms with E-state index in [9.17, 15) is 13.2 Å². The molecule has 0 bridgehead atoms. The number of benzene rings is 1. The molecule has 102 valence electrons. The van der Waals surface area contributed by atoms with E-state index in [0.717, 1.165) is 0 Å². The summed E-state index contributed by atoms with van der Waals surface area (Å²) in [7, 11) is 0. The zero-order chi connectivity index (χ0) is 14.2. The quantitative estimate of drug-likeness (QED) is 0.922. The van der Waals surface area contributed by atoms with Crippen LogP contribution in [-0.2, 0) is 6.18 Å². The standard InChI is InChI=1S/C10H6Cl2F3N3O/c11-4-2-1-3-5(12)6(4)7(16)8-17-9(19-18-8)10(13,14)15/h1-3,7H,16H2. The van der Waals surface area contributed by atoms with Crippen LogP contribution in [0.2, 0.25) is 10.0 Å². The van der Waals surface area contributed by atoms with Gasteiger partial charge in [-0.2, -0.15) is 18.2 Å². The Balaban J connectivity index is 2.40. The maximum absolute atomic E-state index is 12.3. The normalized spacial score (nSPS) is 13.6. The first kappa shape index (κ1) is 14.1. The largest absolute Gasteiger partial charge is 0.471 e. The molecule has 0 saturated carbocycles. The summed E-state index contributed by atoms with van der Waals surface area (Å²) in [6.07, 6.45) is -4.73. The van der Waals surface area contributed by atoms with E-state index >= 15 is 0 Å². The van der Waals surface area contributed by atoms with E-state index in [-0.39, 0.29) is 21.4 Å². The van der Waals surface area contributed by atoms with Gasteiger partial charge in [-0.05, 0) is 12.1 Å². The molecule has 1 aromatic heterocycles. The molecular formula is C10H6Cl2F3N3O. The van der Waals surface area contributed by atoms with Crippen LogP contribution in [0.3, 0.4) is 0 Å². The van der Waals surface area contributed by atoms with Crippen LogP contribution in [0.5, 0.6) is 0 Å². The Hall–Kier alpha value is -1.31. The molecule has 2 rings (SSSR count). The summed E-state index contributed by atoms with van der Waals surface area (Å²) in [6.45, 7) is 0. The fourth-order valence-corrected chi connectivity index (χ4v) is 2.05. The van der Waals surface area contributed by atoms with E-state index in [1.807, 2.05) is 0 Å². The summed E-state index contributed by atoms with van der Waals surface area (Å²) in [5, 5.41) is 3.61. The number of halogens is 5. The zero-order valence-electron chi connectivity index (χ0n) is 9.08. The van der Waals surface area contributed by atoms with Gasteiger partial charge in [0.15, 0.2) is 5.82 Å². The second kappa shape index (κ2) is 4.99. The van der Waals surface area contributed by atoms with E-state index in [4.69, 9.17) is 28.9 Å². The molecule has 0 aliphatic heterocycles. The van der Waals surface area contributed by atoms with Crippen molar-refractivity contribution in [3.8, 4) is 0 Å². The van der Waals surface area contributed by atoms with Crippen LogP contribution in [0.15, 0.2) is 22.7 Å². The van der Waals surface area contributed by atoms with Gasteiger partial charge in [0.2, 0.25) is 0 Å². The lowest BCUT2D eigenvalue weighted by Crippen LogP contribution is -2.15. The first-order valence-electron chi connectivity index (χ1n) is 4.91. The van der Waals surface area contributed by atoms with E-state index in [2.05, 4.69) is 14.7 Å². The first-order valence-corrected chi connectivity index (χ1v) is 5.66. The van der Waals surface area contributed by atoms with Crippen LogP contribution < -0.4 is 5.73 Å². The summed E-state index contributed by atoms with van der Waals surface area (Å²) >= 11 is 11.8. The third kappa shape index (κ3) is 2.83. The second-order valence-electron chi connectivity index (χ2n) is 3.57. The van der Waals surface area contributed by atoms with Gasteiger partial charge in [-0.1, -0.05) is 34.4 Å². The minimum atomic E-state index is -4.73. The molecule has 0 aliphatic carbocycles. The van der Waals surface area contributed by atoms with Gasteiger partial charge in [0.1, 0.15) is 0 Å². The smallest absolute Gasteiger partial charge is 0.329 e. The predicted octanol–water partition coefficient (Wildman–Crippen LogP) is 3.44. The van der Waals surface area contributed by atoms with E-state index in [0.29, 0.717) is 0 Å². The Bertz CT molecular complexity index is 580. The highest BCUT2D eigenvalue weighted by Gasteiger charge is 2.39. The van der Waals surface area contributed by atoms with Gasteiger partial charge in [0, 0.05) is 15.6 Å². The van der Waals surface area contributed by atoms with Crippen LogP contribution in [0.4, 0.5) is 13.2 Å². The lowest BCUT2D eigenvalue weighted by atomic mass is 10.1. The summed E-state index contributed by atoms with van der Waals surface area (Å²) in [5.41, 5.74) is 5.99. The van der Waals surface area contributed by atoms with Crippen LogP contribution in [0.25, 0.3) is 0 Å². The molecule has 1 heterocycles. The predicted molar refractivity (Wildman–Crippen MR) is 61.8 cm³/mol. The molecule has 9 heteroatoms. The molecule has 0 fully saturated rings. The van der Waals surface area contributed by atoms with Gasteiger partial charge >= 0.3 is 12.1 Å². The average molecular weight is 312 g/mol. The van der Waals surface area contributed by atoms with Crippen LogP contribution in [0, 0.1) is 0 Å². The SMILES string of the molecule is NC(c1noc(C(F)(F)F)n1)c1c(Cl)cccc1Cl. The first-order chi connectivity index (χ1) is 8.80. The van der Waals surface area contributed by atoms with Crippen molar-refractivity contribution < 1.29 is 17.7 Å². The van der Waals surface area contributed by atoms with Gasteiger partial charge in [-0.3, -0.25) is 0 Å². The van der Waals surface area contributed by atoms with Crippen molar-refractivity contribution in [3.05, 3.63) is 45.5 Å². The highest BCUT2D eigenvalue weighted by Crippen LogP contribution is 2.33. The third-order valence-corrected chi connectivity index (χ3v) is 2.93. The fraction of sp³-hybridized carbons (Fsp3) is 0.200. The number of aromatic nitrogens is 2. The molecule has 1 atom stereocenters. The van der Waals surface area contributed by atoms with Gasteiger partial charge in [0.25, 0.3) is 0 Å².